The smallest absolute Gasteiger partial charge is 0.253 e. The van der Waals surface area contributed by atoms with E-state index in [9.17, 15) is 9.59 Å². The van der Waals surface area contributed by atoms with E-state index in [1.54, 1.807) is 4.90 Å². The van der Waals surface area contributed by atoms with Crippen LogP contribution in [0.5, 0.6) is 5.75 Å². The molecule has 1 aliphatic rings. The van der Waals surface area contributed by atoms with Gasteiger partial charge in [-0.15, -0.1) is 0 Å². The molecule has 1 saturated heterocycles. The largest absolute Gasteiger partial charge is 0.494 e. The molecule has 2 aromatic rings. The normalized spacial score (nSPS) is 16.7. The van der Waals surface area contributed by atoms with E-state index < -0.39 is 0 Å². The predicted molar refractivity (Wildman–Crippen MR) is 106 cm³/mol. The molecule has 5 nitrogen and oxygen atoms in total. The molecule has 0 bridgehead atoms. The summed E-state index contributed by atoms with van der Waals surface area (Å²) in [6.07, 6.45) is 1.62. The fourth-order valence-electron chi connectivity index (χ4n) is 3.38. The van der Waals surface area contributed by atoms with Crippen molar-refractivity contribution in [3.63, 3.8) is 0 Å². The number of hydrogen-bond donors (Lipinski definition) is 1. The Morgan fingerprint density at radius 1 is 1.19 bits per heavy atom. The maximum Gasteiger partial charge on any atom is 0.253 e. The Morgan fingerprint density at radius 3 is 2.67 bits per heavy atom. The molecular formula is C22H26N2O3. The fraction of sp³-hybridized carbons (Fsp3) is 0.364. The van der Waals surface area contributed by atoms with E-state index in [1.165, 1.54) is 0 Å². The van der Waals surface area contributed by atoms with Crippen molar-refractivity contribution in [1.29, 1.82) is 0 Å². The van der Waals surface area contributed by atoms with Gasteiger partial charge < -0.3 is 15.0 Å². The van der Waals surface area contributed by atoms with Gasteiger partial charge in [-0.3, -0.25) is 9.59 Å². The first-order valence-electron chi connectivity index (χ1n) is 9.46. The molecule has 1 atom stereocenters. The first-order chi connectivity index (χ1) is 13.1. The highest BCUT2D eigenvalue weighted by molar-refractivity contribution is 5.96. The van der Waals surface area contributed by atoms with Gasteiger partial charge in [0, 0.05) is 24.3 Å². The third-order valence-electron chi connectivity index (χ3n) is 4.78. The van der Waals surface area contributed by atoms with E-state index in [1.807, 2.05) is 62.4 Å². The van der Waals surface area contributed by atoms with E-state index in [2.05, 4.69) is 5.32 Å². The van der Waals surface area contributed by atoms with Crippen molar-refractivity contribution in [3.05, 3.63) is 59.7 Å². The van der Waals surface area contributed by atoms with Crippen LogP contribution in [0.25, 0.3) is 0 Å². The third-order valence-corrected chi connectivity index (χ3v) is 4.78. The van der Waals surface area contributed by atoms with Gasteiger partial charge in [0.2, 0.25) is 5.91 Å². The molecule has 0 aromatic heterocycles. The number of aryl methyl sites for hydroxylation is 1. The van der Waals surface area contributed by atoms with Crippen molar-refractivity contribution in [1.82, 2.24) is 4.90 Å². The standard InChI is InChI=1S/C22H26N2O3/c1-3-27-20-11-9-19(10-12-20)23-21(25)18-8-5-13-24(15-18)22(26)17-7-4-6-16(2)14-17/h4,6-7,9-12,14,18H,3,5,8,13,15H2,1-2H3,(H,23,25)/t18-/m0/s1. The van der Waals surface area contributed by atoms with Gasteiger partial charge in [0.25, 0.3) is 5.91 Å². The Balaban J connectivity index is 1.61. The summed E-state index contributed by atoms with van der Waals surface area (Å²) in [5, 5.41) is 2.96. The lowest BCUT2D eigenvalue weighted by atomic mass is 9.96. The summed E-state index contributed by atoms with van der Waals surface area (Å²) in [7, 11) is 0. The second-order valence-corrected chi connectivity index (χ2v) is 6.91. The average Bonchev–Trinajstić information content (AvgIpc) is 2.69. The van der Waals surface area contributed by atoms with Gasteiger partial charge in [-0.25, -0.2) is 0 Å². The molecule has 1 heterocycles. The molecule has 1 N–H and O–H groups in total. The van der Waals surface area contributed by atoms with Crippen LogP contribution in [-0.4, -0.2) is 36.4 Å². The van der Waals surface area contributed by atoms with Crippen LogP contribution in [0, 0.1) is 12.8 Å². The number of nitrogens with one attached hydrogen (secondary N) is 1. The second-order valence-electron chi connectivity index (χ2n) is 6.91. The van der Waals surface area contributed by atoms with Crippen molar-refractivity contribution >= 4 is 17.5 Å². The van der Waals surface area contributed by atoms with Gasteiger partial charge in [-0.1, -0.05) is 17.7 Å². The summed E-state index contributed by atoms with van der Waals surface area (Å²) in [6, 6.07) is 14.9. The van der Waals surface area contributed by atoms with Gasteiger partial charge >= 0.3 is 0 Å². The van der Waals surface area contributed by atoms with Crippen LogP contribution in [0.1, 0.15) is 35.7 Å². The molecule has 0 saturated carbocycles. The first kappa shape index (κ1) is 19.0. The zero-order chi connectivity index (χ0) is 19.2. The Kier molecular flexibility index (Phi) is 6.12. The maximum absolute atomic E-state index is 12.8. The van der Waals surface area contributed by atoms with Gasteiger partial charge in [0.05, 0.1) is 12.5 Å². The number of amides is 2. The van der Waals surface area contributed by atoms with E-state index in [4.69, 9.17) is 4.74 Å². The van der Waals surface area contributed by atoms with Gasteiger partial charge in [-0.05, 0) is 63.1 Å². The highest BCUT2D eigenvalue weighted by Crippen LogP contribution is 2.22. The molecular weight excluding hydrogens is 340 g/mol. The van der Waals surface area contributed by atoms with Crippen LogP contribution < -0.4 is 10.1 Å². The monoisotopic (exact) mass is 366 g/mol. The van der Waals surface area contributed by atoms with Crippen molar-refractivity contribution in [2.24, 2.45) is 5.92 Å². The topological polar surface area (TPSA) is 58.6 Å². The number of piperidine rings is 1. The quantitative estimate of drug-likeness (QED) is 0.873. The van der Waals surface area contributed by atoms with Crippen molar-refractivity contribution in [2.45, 2.75) is 26.7 Å². The van der Waals surface area contributed by atoms with Crippen LogP contribution in [0.15, 0.2) is 48.5 Å². The third kappa shape index (κ3) is 4.88. The molecule has 2 aromatic carbocycles. The zero-order valence-corrected chi connectivity index (χ0v) is 15.9. The average molecular weight is 366 g/mol. The molecule has 0 radical (unpaired) electrons. The number of anilines is 1. The summed E-state index contributed by atoms with van der Waals surface area (Å²) in [4.78, 5) is 27.2. The van der Waals surface area contributed by atoms with E-state index in [0.29, 0.717) is 25.3 Å². The molecule has 1 aliphatic heterocycles. The summed E-state index contributed by atoms with van der Waals surface area (Å²) < 4.78 is 5.42. The number of nitrogens with zero attached hydrogens (tertiary/aromatic N) is 1. The number of benzene rings is 2. The Hall–Kier alpha value is -2.82. The van der Waals surface area contributed by atoms with Crippen LogP contribution in [0.4, 0.5) is 5.69 Å². The SMILES string of the molecule is CCOc1ccc(NC(=O)[C@H]2CCCN(C(=O)c3cccc(C)c3)C2)cc1. The van der Waals surface area contributed by atoms with E-state index >= 15 is 0 Å². The number of carbonyl (C=O) groups excluding carboxylic acids is 2. The molecule has 5 heteroatoms. The Morgan fingerprint density at radius 2 is 1.96 bits per heavy atom. The van der Waals surface area contributed by atoms with E-state index in [0.717, 1.165) is 29.8 Å². The summed E-state index contributed by atoms with van der Waals surface area (Å²) in [6.45, 7) is 5.66. The summed E-state index contributed by atoms with van der Waals surface area (Å²) in [5.74, 6) is 0.542. The second kappa shape index (κ2) is 8.71. The maximum atomic E-state index is 12.8. The Bertz CT molecular complexity index is 801. The minimum Gasteiger partial charge on any atom is -0.494 e. The van der Waals surface area contributed by atoms with Crippen LogP contribution in [0.3, 0.4) is 0 Å². The number of hydrogen-bond acceptors (Lipinski definition) is 3. The lowest BCUT2D eigenvalue weighted by Crippen LogP contribution is -2.43. The summed E-state index contributed by atoms with van der Waals surface area (Å²) in [5.41, 5.74) is 2.48. The van der Waals surface area contributed by atoms with Crippen LogP contribution in [0.2, 0.25) is 0 Å². The number of likely N-dealkylation sites (tertiary alicyclic amines) is 1. The molecule has 0 aliphatic carbocycles. The summed E-state index contributed by atoms with van der Waals surface area (Å²) >= 11 is 0. The highest BCUT2D eigenvalue weighted by atomic mass is 16.5. The predicted octanol–water partition coefficient (Wildman–Crippen LogP) is 3.88. The first-order valence-corrected chi connectivity index (χ1v) is 9.46. The Labute approximate surface area is 160 Å². The number of rotatable bonds is 5. The molecule has 3 rings (SSSR count). The lowest BCUT2D eigenvalue weighted by Gasteiger charge is -2.32. The van der Waals surface area contributed by atoms with Gasteiger partial charge in [0.15, 0.2) is 0 Å². The minimum absolute atomic E-state index is 0.00253. The number of carbonyl (C=O) groups is 2. The lowest BCUT2D eigenvalue weighted by molar-refractivity contribution is -0.121. The fourth-order valence-corrected chi connectivity index (χ4v) is 3.38. The molecule has 142 valence electrons. The molecule has 27 heavy (non-hydrogen) atoms. The molecule has 2 amide bonds. The van der Waals surface area contributed by atoms with Crippen LogP contribution in [-0.2, 0) is 4.79 Å². The zero-order valence-electron chi connectivity index (χ0n) is 15.9. The van der Waals surface area contributed by atoms with E-state index in [-0.39, 0.29) is 17.7 Å². The molecule has 1 fully saturated rings. The van der Waals surface area contributed by atoms with Crippen molar-refractivity contribution in [3.8, 4) is 5.75 Å². The minimum atomic E-state index is -0.195. The number of ether oxygens (including phenoxy) is 1. The van der Waals surface area contributed by atoms with Crippen molar-refractivity contribution in [2.75, 3.05) is 25.0 Å². The molecule has 0 spiro atoms. The van der Waals surface area contributed by atoms with Gasteiger partial charge in [0.1, 0.15) is 5.75 Å². The highest BCUT2D eigenvalue weighted by Gasteiger charge is 2.29. The van der Waals surface area contributed by atoms with Crippen molar-refractivity contribution < 1.29 is 14.3 Å². The van der Waals surface area contributed by atoms with Gasteiger partial charge in [-0.2, -0.15) is 0 Å². The molecule has 0 unspecified atom stereocenters. The van der Waals surface area contributed by atoms with Crippen LogP contribution >= 0.6 is 0 Å².